The summed E-state index contributed by atoms with van der Waals surface area (Å²) in [4.78, 5) is 12.8. The molecule has 0 aliphatic carbocycles. The molecule has 0 N–H and O–H groups in total. The first-order valence-corrected chi connectivity index (χ1v) is 3.85. The Labute approximate surface area is 68.9 Å². The van der Waals surface area contributed by atoms with E-state index < -0.39 is 0 Å². The van der Waals surface area contributed by atoms with E-state index in [-0.39, 0.29) is 5.91 Å². The molecule has 0 radical (unpaired) electrons. The number of likely N-dealkylation sites (N-methyl/N-ethyl adjacent to an activating group) is 1. The molecule has 0 unspecified atom stereocenters. The highest BCUT2D eigenvalue weighted by molar-refractivity contribution is 5.92. The van der Waals surface area contributed by atoms with Crippen molar-refractivity contribution in [3.8, 4) is 0 Å². The zero-order valence-electron chi connectivity index (χ0n) is 8.01. The number of rotatable bonds is 2. The first-order chi connectivity index (χ1) is 4.95. The van der Waals surface area contributed by atoms with Gasteiger partial charge in [0.2, 0.25) is 5.91 Å². The summed E-state index contributed by atoms with van der Waals surface area (Å²) >= 11 is 0. The van der Waals surface area contributed by atoms with Crippen LogP contribution < -0.4 is 0 Å². The molecule has 0 bridgehead atoms. The Balaban J connectivity index is 4.24. The molecular weight excluding hydrogens is 138 g/mol. The maximum absolute atomic E-state index is 11.2. The summed E-state index contributed by atoms with van der Waals surface area (Å²) in [5, 5.41) is 0. The molecule has 0 spiro atoms. The summed E-state index contributed by atoms with van der Waals surface area (Å²) < 4.78 is 0. The van der Waals surface area contributed by atoms with E-state index in [1.807, 2.05) is 13.0 Å². The molecule has 2 heteroatoms. The molecule has 0 heterocycles. The van der Waals surface area contributed by atoms with E-state index in [1.54, 1.807) is 19.0 Å². The van der Waals surface area contributed by atoms with Gasteiger partial charge in [0.25, 0.3) is 0 Å². The molecular formula is C9H17NO. The molecule has 0 aromatic rings. The van der Waals surface area contributed by atoms with Gasteiger partial charge in [-0.15, -0.1) is 0 Å². The van der Waals surface area contributed by atoms with Gasteiger partial charge in [0.1, 0.15) is 0 Å². The van der Waals surface area contributed by atoms with Crippen LogP contribution in [0.25, 0.3) is 0 Å². The Hall–Kier alpha value is -0.790. The number of hydrogen-bond donors (Lipinski definition) is 0. The second kappa shape index (κ2) is 4.16. The molecule has 1 amide bonds. The van der Waals surface area contributed by atoms with Crippen LogP contribution in [0.5, 0.6) is 0 Å². The first kappa shape index (κ1) is 10.2. The monoisotopic (exact) mass is 155 g/mol. The molecule has 11 heavy (non-hydrogen) atoms. The normalized spacial score (nSPS) is 12.0. The Kier molecular flexibility index (Phi) is 3.86. The fraction of sp³-hybridized carbons (Fsp3) is 0.667. The molecule has 0 rings (SSSR count). The minimum atomic E-state index is 0.0960. The maximum Gasteiger partial charge on any atom is 0.248 e. The minimum absolute atomic E-state index is 0.0960. The molecule has 0 aromatic heterocycles. The summed E-state index contributed by atoms with van der Waals surface area (Å²) in [6.07, 6.45) is 1.97. The summed E-state index contributed by atoms with van der Waals surface area (Å²) in [5.74, 6) is 0.539. The number of amides is 1. The van der Waals surface area contributed by atoms with Gasteiger partial charge in [-0.3, -0.25) is 4.79 Å². The molecule has 0 aromatic carbocycles. The van der Waals surface area contributed by atoms with Crippen LogP contribution in [0.2, 0.25) is 0 Å². The van der Waals surface area contributed by atoms with Crippen molar-refractivity contribution in [2.24, 2.45) is 5.92 Å². The van der Waals surface area contributed by atoms with Crippen molar-refractivity contribution in [2.45, 2.75) is 20.8 Å². The number of nitrogens with zero attached hydrogens (tertiary/aromatic N) is 1. The predicted octanol–water partition coefficient (Wildman–Crippen LogP) is 1.68. The number of carbonyl (C=O) groups excluding carboxylic acids is 1. The summed E-state index contributed by atoms with van der Waals surface area (Å²) in [7, 11) is 3.53. The van der Waals surface area contributed by atoms with Crippen LogP contribution in [0, 0.1) is 5.92 Å². The van der Waals surface area contributed by atoms with Crippen LogP contribution in [0.15, 0.2) is 11.6 Å². The van der Waals surface area contributed by atoms with E-state index >= 15 is 0 Å². The van der Waals surface area contributed by atoms with E-state index in [1.165, 1.54) is 0 Å². The van der Waals surface area contributed by atoms with Gasteiger partial charge in [0, 0.05) is 19.7 Å². The molecule has 0 aliphatic rings. The quantitative estimate of drug-likeness (QED) is 0.555. The van der Waals surface area contributed by atoms with Crippen molar-refractivity contribution in [1.29, 1.82) is 0 Å². The minimum Gasteiger partial charge on any atom is -0.345 e. The van der Waals surface area contributed by atoms with Crippen LogP contribution in [-0.4, -0.2) is 24.9 Å². The lowest BCUT2D eigenvalue weighted by atomic mass is 10.1. The zero-order chi connectivity index (χ0) is 9.02. The van der Waals surface area contributed by atoms with Crippen molar-refractivity contribution >= 4 is 5.91 Å². The number of hydrogen-bond acceptors (Lipinski definition) is 1. The van der Waals surface area contributed by atoms with Crippen LogP contribution in [0.3, 0.4) is 0 Å². The third-order valence-corrected chi connectivity index (χ3v) is 1.33. The van der Waals surface area contributed by atoms with Crippen LogP contribution >= 0.6 is 0 Å². The first-order valence-electron chi connectivity index (χ1n) is 3.85. The summed E-state index contributed by atoms with van der Waals surface area (Å²) in [6.45, 7) is 5.97. The number of carbonyl (C=O) groups is 1. The number of allylic oxidation sites excluding steroid dienone is 1. The lowest BCUT2D eigenvalue weighted by Gasteiger charge is -2.10. The van der Waals surface area contributed by atoms with Gasteiger partial charge < -0.3 is 4.90 Å². The highest BCUT2D eigenvalue weighted by Gasteiger charge is 2.05. The molecule has 2 nitrogen and oxygen atoms in total. The average Bonchev–Trinajstić information content (AvgIpc) is 1.84. The molecule has 0 saturated carbocycles. The Morgan fingerprint density at radius 3 is 2.09 bits per heavy atom. The average molecular weight is 155 g/mol. The van der Waals surface area contributed by atoms with Gasteiger partial charge in [-0.2, -0.15) is 0 Å². The smallest absolute Gasteiger partial charge is 0.248 e. The van der Waals surface area contributed by atoms with Gasteiger partial charge in [-0.05, 0) is 12.8 Å². The lowest BCUT2D eigenvalue weighted by molar-refractivity contribution is -0.124. The topological polar surface area (TPSA) is 20.3 Å². The van der Waals surface area contributed by atoms with Crippen LogP contribution in [0.4, 0.5) is 0 Å². The largest absolute Gasteiger partial charge is 0.345 e. The Morgan fingerprint density at radius 1 is 1.36 bits per heavy atom. The second-order valence-electron chi connectivity index (χ2n) is 3.29. The maximum atomic E-state index is 11.2. The molecule has 0 fully saturated rings. The molecule has 0 atom stereocenters. The third kappa shape index (κ3) is 3.81. The lowest BCUT2D eigenvalue weighted by Crippen LogP contribution is -2.22. The fourth-order valence-electron chi connectivity index (χ4n) is 0.924. The summed E-state index contributed by atoms with van der Waals surface area (Å²) in [6, 6.07) is 0. The second-order valence-corrected chi connectivity index (χ2v) is 3.29. The standard InChI is InChI=1S/C9H17NO/c1-7(2)6-8(3)9(11)10(4)5/h6-7H,1-5H3/b8-6+. The van der Waals surface area contributed by atoms with Crippen LogP contribution in [-0.2, 0) is 4.79 Å². The third-order valence-electron chi connectivity index (χ3n) is 1.33. The fourth-order valence-corrected chi connectivity index (χ4v) is 0.924. The van der Waals surface area contributed by atoms with Crippen molar-refractivity contribution < 1.29 is 4.79 Å². The van der Waals surface area contributed by atoms with Crippen molar-refractivity contribution in [3.63, 3.8) is 0 Å². The Morgan fingerprint density at radius 2 is 1.82 bits per heavy atom. The highest BCUT2D eigenvalue weighted by atomic mass is 16.2. The van der Waals surface area contributed by atoms with E-state index in [0.717, 1.165) is 5.57 Å². The van der Waals surface area contributed by atoms with E-state index in [9.17, 15) is 4.79 Å². The van der Waals surface area contributed by atoms with E-state index in [4.69, 9.17) is 0 Å². The van der Waals surface area contributed by atoms with Gasteiger partial charge in [-0.1, -0.05) is 19.9 Å². The zero-order valence-corrected chi connectivity index (χ0v) is 8.01. The van der Waals surface area contributed by atoms with Gasteiger partial charge in [0.15, 0.2) is 0 Å². The SMILES string of the molecule is C/C(=C\C(C)C)C(=O)N(C)C. The van der Waals surface area contributed by atoms with Gasteiger partial charge in [-0.25, -0.2) is 0 Å². The molecule has 0 saturated heterocycles. The van der Waals surface area contributed by atoms with Crippen molar-refractivity contribution in [1.82, 2.24) is 4.90 Å². The van der Waals surface area contributed by atoms with E-state index in [2.05, 4.69) is 13.8 Å². The van der Waals surface area contributed by atoms with Gasteiger partial charge in [0.05, 0.1) is 0 Å². The molecule has 0 aliphatic heterocycles. The van der Waals surface area contributed by atoms with Crippen molar-refractivity contribution in [2.75, 3.05) is 14.1 Å². The molecule has 64 valence electrons. The van der Waals surface area contributed by atoms with Crippen molar-refractivity contribution in [3.05, 3.63) is 11.6 Å². The van der Waals surface area contributed by atoms with E-state index in [0.29, 0.717) is 5.92 Å². The predicted molar refractivity (Wildman–Crippen MR) is 47.3 cm³/mol. The highest BCUT2D eigenvalue weighted by Crippen LogP contribution is 2.03. The van der Waals surface area contributed by atoms with Crippen LogP contribution in [0.1, 0.15) is 20.8 Å². The summed E-state index contributed by atoms with van der Waals surface area (Å²) in [5.41, 5.74) is 0.824. The van der Waals surface area contributed by atoms with Gasteiger partial charge >= 0.3 is 0 Å². The Bertz CT molecular complexity index is 168.